The molecular formula is C15H26N4O2. The summed E-state index contributed by atoms with van der Waals surface area (Å²) < 4.78 is 11.1. The average molecular weight is 294 g/mol. The molecule has 2 rings (SSSR count). The van der Waals surface area contributed by atoms with Crippen LogP contribution in [0.15, 0.2) is 0 Å². The summed E-state index contributed by atoms with van der Waals surface area (Å²) in [6.45, 7) is 11.8. The second-order valence-electron chi connectivity index (χ2n) is 5.54. The summed E-state index contributed by atoms with van der Waals surface area (Å²) in [6.07, 6.45) is 0.0817. The van der Waals surface area contributed by atoms with Crippen LogP contribution in [0.3, 0.4) is 0 Å². The lowest BCUT2D eigenvalue weighted by atomic mass is 10.2. The molecule has 1 saturated heterocycles. The second-order valence-corrected chi connectivity index (χ2v) is 5.54. The SMILES string of the molecule is CCNc1nc(C(C)C)nc(NCC2COCCO2)c1C. The van der Waals surface area contributed by atoms with Gasteiger partial charge in [-0.2, -0.15) is 0 Å². The molecule has 1 atom stereocenters. The van der Waals surface area contributed by atoms with E-state index in [1.165, 1.54) is 0 Å². The Bertz CT molecular complexity index is 459. The van der Waals surface area contributed by atoms with Crippen molar-refractivity contribution in [3.8, 4) is 0 Å². The third kappa shape index (κ3) is 4.28. The zero-order valence-corrected chi connectivity index (χ0v) is 13.4. The van der Waals surface area contributed by atoms with Crippen molar-refractivity contribution in [2.24, 2.45) is 0 Å². The molecule has 0 saturated carbocycles. The molecule has 1 fully saturated rings. The number of anilines is 2. The zero-order valence-electron chi connectivity index (χ0n) is 13.4. The highest BCUT2D eigenvalue weighted by molar-refractivity contribution is 5.57. The minimum absolute atomic E-state index is 0.0817. The van der Waals surface area contributed by atoms with Gasteiger partial charge in [-0.15, -0.1) is 0 Å². The van der Waals surface area contributed by atoms with Crippen molar-refractivity contribution in [1.29, 1.82) is 0 Å². The van der Waals surface area contributed by atoms with E-state index in [1.54, 1.807) is 0 Å². The fraction of sp³-hybridized carbons (Fsp3) is 0.733. The van der Waals surface area contributed by atoms with E-state index in [4.69, 9.17) is 9.47 Å². The summed E-state index contributed by atoms with van der Waals surface area (Å²) in [4.78, 5) is 9.24. The van der Waals surface area contributed by atoms with Gasteiger partial charge in [-0.25, -0.2) is 9.97 Å². The summed E-state index contributed by atoms with van der Waals surface area (Å²) in [5.74, 6) is 2.91. The van der Waals surface area contributed by atoms with E-state index in [0.717, 1.165) is 29.6 Å². The first-order valence-electron chi connectivity index (χ1n) is 7.67. The predicted molar refractivity (Wildman–Crippen MR) is 84.1 cm³/mol. The molecule has 118 valence electrons. The molecular weight excluding hydrogens is 268 g/mol. The minimum atomic E-state index is 0.0817. The van der Waals surface area contributed by atoms with Crippen LogP contribution in [0.5, 0.6) is 0 Å². The zero-order chi connectivity index (χ0) is 15.2. The van der Waals surface area contributed by atoms with E-state index in [0.29, 0.717) is 26.4 Å². The number of ether oxygens (including phenoxy) is 2. The van der Waals surface area contributed by atoms with E-state index >= 15 is 0 Å². The lowest BCUT2D eigenvalue weighted by Gasteiger charge is -2.24. The van der Waals surface area contributed by atoms with Crippen LogP contribution in [0.4, 0.5) is 11.6 Å². The first kappa shape index (κ1) is 16.0. The van der Waals surface area contributed by atoms with Gasteiger partial charge < -0.3 is 20.1 Å². The summed E-state index contributed by atoms with van der Waals surface area (Å²) in [6, 6.07) is 0. The topological polar surface area (TPSA) is 68.3 Å². The molecule has 2 heterocycles. The summed E-state index contributed by atoms with van der Waals surface area (Å²) in [7, 11) is 0. The molecule has 21 heavy (non-hydrogen) atoms. The molecule has 6 nitrogen and oxygen atoms in total. The maximum atomic E-state index is 5.65. The van der Waals surface area contributed by atoms with Crippen molar-refractivity contribution in [1.82, 2.24) is 9.97 Å². The fourth-order valence-electron chi connectivity index (χ4n) is 2.17. The monoisotopic (exact) mass is 294 g/mol. The van der Waals surface area contributed by atoms with E-state index in [9.17, 15) is 0 Å². The highest BCUT2D eigenvalue weighted by Crippen LogP contribution is 2.23. The highest BCUT2D eigenvalue weighted by atomic mass is 16.6. The Morgan fingerprint density at radius 1 is 1.19 bits per heavy atom. The van der Waals surface area contributed by atoms with Gasteiger partial charge in [0.1, 0.15) is 17.5 Å². The van der Waals surface area contributed by atoms with Crippen LogP contribution >= 0.6 is 0 Å². The molecule has 1 unspecified atom stereocenters. The van der Waals surface area contributed by atoms with Gasteiger partial charge in [0.25, 0.3) is 0 Å². The molecule has 1 aromatic heterocycles. The van der Waals surface area contributed by atoms with E-state index in [1.807, 2.05) is 6.92 Å². The van der Waals surface area contributed by atoms with Crippen molar-refractivity contribution in [2.45, 2.75) is 39.7 Å². The van der Waals surface area contributed by atoms with Gasteiger partial charge in [0, 0.05) is 24.6 Å². The number of nitrogens with zero attached hydrogens (tertiary/aromatic N) is 2. The second kappa shape index (κ2) is 7.56. The van der Waals surface area contributed by atoms with Crippen LogP contribution in [-0.4, -0.2) is 49.0 Å². The third-order valence-corrected chi connectivity index (χ3v) is 3.41. The van der Waals surface area contributed by atoms with Crippen molar-refractivity contribution in [2.75, 3.05) is 43.5 Å². The molecule has 0 aromatic carbocycles. The fourth-order valence-corrected chi connectivity index (χ4v) is 2.17. The maximum absolute atomic E-state index is 5.65. The van der Waals surface area contributed by atoms with Gasteiger partial charge in [-0.1, -0.05) is 13.8 Å². The molecule has 1 aliphatic rings. The lowest BCUT2D eigenvalue weighted by Crippen LogP contribution is -2.34. The number of rotatable bonds is 6. The minimum Gasteiger partial charge on any atom is -0.376 e. The maximum Gasteiger partial charge on any atom is 0.135 e. The van der Waals surface area contributed by atoms with Gasteiger partial charge in [0.2, 0.25) is 0 Å². The van der Waals surface area contributed by atoms with Crippen molar-refractivity contribution in [3.05, 3.63) is 11.4 Å². The molecule has 1 aromatic rings. The average Bonchev–Trinajstić information content (AvgIpc) is 2.49. The highest BCUT2D eigenvalue weighted by Gasteiger charge is 2.17. The number of nitrogens with one attached hydrogen (secondary N) is 2. The largest absolute Gasteiger partial charge is 0.376 e. The number of hydrogen-bond donors (Lipinski definition) is 2. The summed E-state index contributed by atoms with van der Waals surface area (Å²) in [5.41, 5.74) is 1.04. The van der Waals surface area contributed by atoms with Crippen molar-refractivity contribution < 1.29 is 9.47 Å². The van der Waals surface area contributed by atoms with Crippen LogP contribution in [-0.2, 0) is 9.47 Å². The quantitative estimate of drug-likeness (QED) is 0.838. The van der Waals surface area contributed by atoms with Crippen LogP contribution < -0.4 is 10.6 Å². The van der Waals surface area contributed by atoms with E-state index in [-0.39, 0.29) is 12.0 Å². The van der Waals surface area contributed by atoms with Crippen LogP contribution in [0.2, 0.25) is 0 Å². The Hall–Kier alpha value is -1.40. The summed E-state index contributed by atoms with van der Waals surface area (Å²) >= 11 is 0. The van der Waals surface area contributed by atoms with Crippen molar-refractivity contribution >= 4 is 11.6 Å². The molecule has 6 heteroatoms. The van der Waals surface area contributed by atoms with E-state index < -0.39 is 0 Å². The van der Waals surface area contributed by atoms with Gasteiger partial charge in [0.05, 0.1) is 25.9 Å². The normalized spacial score (nSPS) is 18.8. The van der Waals surface area contributed by atoms with Gasteiger partial charge in [-0.3, -0.25) is 0 Å². The first-order chi connectivity index (χ1) is 10.1. The molecule has 0 amide bonds. The Morgan fingerprint density at radius 3 is 2.48 bits per heavy atom. The number of aromatic nitrogens is 2. The van der Waals surface area contributed by atoms with E-state index in [2.05, 4.69) is 41.4 Å². The molecule has 0 spiro atoms. The molecule has 2 N–H and O–H groups in total. The third-order valence-electron chi connectivity index (χ3n) is 3.41. The van der Waals surface area contributed by atoms with Crippen LogP contribution in [0, 0.1) is 6.92 Å². The first-order valence-corrected chi connectivity index (χ1v) is 7.67. The summed E-state index contributed by atoms with van der Waals surface area (Å²) in [5, 5.41) is 6.68. The Morgan fingerprint density at radius 2 is 1.90 bits per heavy atom. The Kier molecular flexibility index (Phi) is 5.76. The van der Waals surface area contributed by atoms with Gasteiger partial charge in [0.15, 0.2) is 0 Å². The van der Waals surface area contributed by atoms with Gasteiger partial charge >= 0.3 is 0 Å². The number of hydrogen-bond acceptors (Lipinski definition) is 6. The predicted octanol–water partition coefficient (Wildman–Crippen LogP) is 2.17. The molecule has 0 bridgehead atoms. The van der Waals surface area contributed by atoms with Crippen LogP contribution in [0.25, 0.3) is 0 Å². The standard InChI is InChI=1S/C15H26N4O2/c1-5-16-14-11(4)15(19-13(18-14)10(2)3)17-8-12-9-20-6-7-21-12/h10,12H,5-9H2,1-4H3,(H2,16,17,18,19). The Balaban J connectivity index is 2.12. The smallest absolute Gasteiger partial charge is 0.135 e. The molecule has 1 aliphatic heterocycles. The molecule has 0 aliphatic carbocycles. The van der Waals surface area contributed by atoms with Gasteiger partial charge in [-0.05, 0) is 13.8 Å². The Labute approximate surface area is 126 Å². The lowest BCUT2D eigenvalue weighted by molar-refractivity contribution is -0.0819. The van der Waals surface area contributed by atoms with Crippen LogP contribution in [0.1, 0.15) is 38.1 Å². The van der Waals surface area contributed by atoms with Crippen molar-refractivity contribution in [3.63, 3.8) is 0 Å². The molecule has 0 radical (unpaired) electrons.